The standard InChI is InChI=1S/C17H13FN2O5/c1-9-6-10(2-5-13(9)18)16-19-15(25-20-16)8-24-17(23)12-4-3-11(21)7-14(12)22/h2-7,21-22H,8H2,1H3. The van der Waals surface area contributed by atoms with Gasteiger partial charge in [0.25, 0.3) is 5.89 Å². The lowest BCUT2D eigenvalue weighted by Gasteiger charge is -2.04. The lowest BCUT2D eigenvalue weighted by Crippen LogP contribution is -2.05. The van der Waals surface area contributed by atoms with Gasteiger partial charge < -0.3 is 19.5 Å². The van der Waals surface area contributed by atoms with Crippen LogP contribution in [0.15, 0.2) is 40.9 Å². The van der Waals surface area contributed by atoms with E-state index in [1.165, 1.54) is 24.3 Å². The van der Waals surface area contributed by atoms with E-state index in [0.717, 1.165) is 6.07 Å². The number of ether oxygens (including phenoxy) is 1. The molecular formula is C17H13FN2O5. The van der Waals surface area contributed by atoms with Crippen LogP contribution in [0.25, 0.3) is 11.4 Å². The van der Waals surface area contributed by atoms with Gasteiger partial charge in [0.05, 0.1) is 0 Å². The maximum Gasteiger partial charge on any atom is 0.342 e. The minimum absolute atomic E-state index is 0.0450. The highest BCUT2D eigenvalue weighted by molar-refractivity contribution is 5.92. The second kappa shape index (κ2) is 6.60. The minimum atomic E-state index is -0.810. The van der Waals surface area contributed by atoms with E-state index in [9.17, 15) is 19.4 Å². The van der Waals surface area contributed by atoms with Crippen molar-refractivity contribution in [3.63, 3.8) is 0 Å². The van der Waals surface area contributed by atoms with E-state index in [0.29, 0.717) is 11.1 Å². The van der Waals surface area contributed by atoms with Gasteiger partial charge in [-0.15, -0.1) is 0 Å². The van der Waals surface area contributed by atoms with Gasteiger partial charge in [0, 0.05) is 11.6 Å². The van der Waals surface area contributed by atoms with E-state index in [4.69, 9.17) is 9.26 Å². The fourth-order valence-electron chi connectivity index (χ4n) is 2.11. The van der Waals surface area contributed by atoms with Gasteiger partial charge in [0.2, 0.25) is 5.82 Å². The molecule has 8 heteroatoms. The number of rotatable bonds is 4. The first kappa shape index (κ1) is 16.4. The Morgan fingerprint density at radius 3 is 2.76 bits per heavy atom. The third-order valence-electron chi connectivity index (χ3n) is 3.41. The largest absolute Gasteiger partial charge is 0.508 e. The summed E-state index contributed by atoms with van der Waals surface area (Å²) in [5.74, 6) is -1.45. The smallest absolute Gasteiger partial charge is 0.342 e. The molecule has 3 rings (SSSR count). The number of halogens is 1. The number of carbonyl (C=O) groups excluding carboxylic acids is 1. The molecule has 128 valence electrons. The molecule has 0 spiro atoms. The number of benzene rings is 2. The van der Waals surface area contributed by atoms with Gasteiger partial charge in [-0.3, -0.25) is 0 Å². The van der Waals surface area contributed by atoms with Crippen LogP contribution in [0.3, 0.4) is 0 Å². The zero-order valence-corrected chi connectivity index (χ0v) is 13.1. The van der Waals surface area contributed by atoms with Crippen LogP contribution in [0, 0.1) is 12.7 Å². The molecule has 0 unspecified atom stereocenters. The van der Waals surface area contributed by atoms with Gasteiger partial charge in [-0.25, -0.2) is 9.18 Å². The number of carbonyl (C=O) groups is 1. The summed E-state index contributed by atoms with van der Waals surface area (Å²) in [6.07, 6.45) is 0. The second-order valence-electron chi connectivity index (χ2n) is 5.25. The summed E-state index contributed by atoms with van der Waals surface area (Å²) in [5.41, 5.74) is 0.904. The van der Waals surface area contributed by atoms with Crippen LogP contribution in [0.4, 0.5) is 4.39 Å². The number of phenolic OH excluding ortho intramolecular Hbond substituents is 2. The van der Waals surface area contributed by atoms with E-state index in [1.807, 2.05) is 0 Å². The molecule has 2 aromatic carbocycles. The van der Waals surface area contributed by atoms with Crippen molar-refractivity contribution in [2.45, 2.75) is 13.5 Å². The third kappa shape index (κ3) is 3.57. The van der Waals surface area contributed by atoms with Crippen molar-refractivity contribution < 1.29 is 28.7 Å². The fourth-order valence-corrected chi connectivity index (χ4v) is 2.11. The normalized spacial score (nSPS) is 10.6. The maximum atomic E-state index is 13.3. The number of nitrogens with zero attached hydrogens (tertiary/aromatic N) is 2. The van der Waals surface area contributed by atoms with Crippen LogP contribution in [0.5, 0.6) is 11.5 Å². The summed E-state index contributed by atoms with van der Waals surface area (Å²) in [6, 6.07) is 7.89. The second-order valence-corrected chi connectivity index (χ2v) is 5.25. The van der Waals surface area contributed by atoms with Crippen molar-refractivity contribution in [2.75, 3.05) is 0 Å². The highest BCUT2D eigenvalue weighted by atomic mass is 19.1. The summed E-state index contributed by atoms with van der Waals surface area (Å²) < 4.78 is 23.3. The maximum absolute atomic E-state index is 13.3. The van der Waals surface area contributed by atoms with Crippen LogP contribution >= 0.6 is 0 Å². The molecule has 0 saturated carbocycles. The minimum Gasteiger partial charge on any atom is -0.508 e. The molecule has 0 aliphatic rings. The summed E-state index contributed by atoms with van der Waals surface area (Å²) in [5, 5.41) is 22.6. The Kier molecular flexibility index (Phi) is 4.34. The Morgan fingerprint density at radius 2 is 2.04 bits per heavy atom. The lowest BCUT2D eigenvalue weighted by atomic mass is 10.1. The molecule has 0 bridgehead atoms. The molecule has 7 nitrogen and oxygen atoms in total. The number of aromatic nitrogens is 2. The first-order valence-corrected chi connectivity index (χ1v) is 7.22. The van der Waals surface area contributed by atoms with E-state index >= 15 is 0 Å². The molecule has 1 aromatic heterocycles. The first-order chi connectivity index (χ1) is 11.9. The summed E-state index contributed by atoms with van der Waals surface area (Å²) >= 11 is 0. The van der Waals surface area contributed by atoms with Crippen LogP contribution < -0.4 is 0 Å². The van der Waals surface area contributed by atoms with Gasteiger partial charge >= 0.3 is 5.97 Å². The third-order valence-corrected chi connectivity index (χ3v) is 3.41. The number of aromatic hydroxyl groups is 2. The Morgan fingerprint density at radius 1 is 1.24 bits per heavy atom. The van der Waals surface area contributed by atoms with Crippen molar-refractivity contribution in [3.8, 4) is 22.9 Å². The molecule has 0 radical (unpaired) electrons. The molecule has 1 heterocycles. The molecule has 0 fully saturated rings. The van der Waals surface area contributed by atoms with Crippen molar-refractivity contribution in [1.82, 2.24) is 10.1 Å². The number of aryl methyl sites for hydroxylation is 1. The van der Waals surface area contributed by atoms with Crippen molar-refractivity contribution in [1.29, 1.82) is 0 Å². The Labute approximate surface area is 141 Å². The van der Waals surface area contributed by atoms with E-state index in [2.05, 4.69) is 10.1 Å². The highest BCUT2D eigenvalue weighted by Gasteiger charge is 2.16. The molecule has 25 heavy (non-hydrogen) atoms. The van der Waals surface area contributed by atoms with Crippen molar-refractivity contribution in [2.24, 2.45) is 0 Å². The predicted molar refractivity (Wildman–Crippen MR) is 83.3 cm³/mol. The topological polar surface area (TPSA) is 106 Å². The SMILES string of the molecule is Cc1cc(-c2noc(COC(=O)c3ccc(O)cc3O)n2)ccc1F. The first-order valence-electron chi connectivity index (χ1n) is 7.22. The number of phenols is 2. The summed E-state index contributed by atoms with van der Waals surface area (Å²) in [6.45, 7) is 1.32. The average Bonchev–Trinajstić information content (AvgIpc) is 3.04. The van der Waals surface area contributed by atoms with Gasteiger partial charge in [0.15, 0.2) is 6.61 Å². The lowest BCUT2D eigenvalue weighted by molar-refractivity contribution is 0.0426. The number of esters is 1. The van der Waals surface area contributed by atoms with Gasteiger partial charge in [-0.2, -0.15) is 4.98 Å². The van der Waals surface area contributed by atoms with Gasteiger partial charge in [0.1, 0.15) is 22.9 Å². The van der Waals surface area contributed by atoms with Crippen molar-refractivity contribution in [3.05, 3.63) is 59.2 Å². The van der Waals surface area contributed by atoms with Crippen LogP contribution in [0.1, 0.15) is 21.8 Å². The monoisotopic (exact) mass is 344 g/mol. The van der Waals surface area contributed by atoms with Crippen LogP contribution in [-0.2, 0) is 11.3 Å². The summed E-state index contributed by atoms with van der Waals surface area (Å²) in [4.78, 5) is 16.0. The zero-order chi connectivity index (χ0) is 18.0. The highest BCUT2D eigenvalue weighted by Crippen LogP contribution is 2.24. The van der Waals surface area contributed by atoms with E-state index in [-0.39, 0.29) is 35.5 Å². The molecule has 0 atom stereocenters. The molecule has 0 saturated heterocycles. The fraction of sp³-hybridized carbons (Fsp3) is 0.118. The van der Waals surface area contributed by atoms with Crippen molar-refractivity contribution >= 4 is 5.97 Å². The molecular weight excluding hydrogens is 331 g/mol. The zero-order valence-electron chi connectivity index (χ0n) is 13.1. The van der Waals surface area contributed by atoms with E-state index < -0.39 is 11.7 Å². The number of hydrogen-bond acceptors (Lipinski definition) is 7. The summed E-state index contributed by atoms with van der Waals surface area (Å²) in [7, 11) is 0. The Balaban J connectivity index is 1.69. The predicted octanol–water partition coefficient (Wildman–Crippen LogP) is 2.95. The molecule has 2 N–H and O–H groups in total. The van der Waals surface area contributed by atoms with Crippen LogP contribution in [0.2, 0.25) is 0 Å². The molecule has 0 amide bonds. The molecule has 3 aromatic rings. The average molecular weight is 344 g/mol. The molecule has 0 aliphatic carbocycles. The number of hydrogen-bond donors (Lipinski definition) is 2. The van der Waals surface area contributed by atoms with Gasteiger partial charge in [-0.1, -0.05) is 5.16 Å². The Hall–Kier alpha value is -3.42. The van der Waals surface area contributed by atoms with Gasteiger partial charge in [-0.05, 0) is 42.8 Å². The Bertz CT molecular complexity index is 939. The van der Waals surface area contributed by atoms with E-state index in [1.54, 1.807) is 13.0 Å². The quantitative estimate of drug-likeness (QED) is 0.701. The van der Waals surface area contributed by atoms with Crippen LogP contribution in [-0.4, -0.2) is 26.3 Å². The molecule has 0 aliphatic heterocycles.